The highest BCUT2D eigenvalue weighted by molar-refractivity contribution is 8.18. The third kappa shape index (κ3) is 6.45. The maximum absolute atomic E-state index is 12.7. The minimum Gasteiger partial charge on any atom is -0.465 e. The molecule has 0 atom stereocenters. The fraction of sp³-hybridized carbons (Fsp3) is 0.429. The van der Waals surface area contributed by atoms with E-state index in [2.05, 4.69) is 28.9 Å². The van der Waals surface area contributed by atoms with Crippen molar-refractivity contribution in [2.45, 2.75) is 39.5 Å². The van der Waals surface area contributed by atoms with Crippen molar-refractivity contribution in [2.24, 2.45) is 4.99 Å². The molecule has 8 heteroatoms. The van der Waals surface area contributed by atoms with Crippen molar-refractivity contribution in [2.75, 3.05) is 25.5 Å². The average molecular weight is 418 g/mol. The number of thioether (sulfide) groups is 1. The van der Waals surface area contributed by atoms with E-state index < -0.39 is 11.9 Å². The van der Waals surface area contributed by atoms with Crippen LogP contribution >= 0.6 is 11.8 Å². The molecular weight excluding hydrogens is 390 g/mol. The number of ether oxygens (including phenoxy) is 1. The molecule has 1 aliphatic heterocycles. The number of benzene rings is 1. The summed E-state index contributed by atoms with van der Waals surface area (Å²) in [7, 11) is 1.31. The molecular formula is C21H27N3O4S. The van der Waals surface area contributed by atoms with E-state index in [4.69, 9.17) is 0 Å². The van der Waals surface area contributed by atoms with Crippen LogP contribution in [0.5, 0.6) is 0 Å². The lowest BCUT2D eigenvalue weighted by Gasteiger charge is -2.14. The molecule has 1 heterocycles. The Kier molecular flexibility index (Phi) is 8.92. The van der Waals surface area contributed by atoms with Crippen LogP contribution in [0.15, 0.2) is 40.2 Å². The summed E-state index contributed by atoms with van der Waals surface area (Å²) < 4.78 is 4.65. The molecule has 29 heavy (non-hydrogen) atoms. The maximum Gasteiger partial charge on any atom is 0.337 e. The highest BCUT2D eigenvalue weighted by atomic mass is 32.2. The predicted molar refractivity (Wildman–Crippen MR) is 116 cm³/mol. The molecule has 0 radical (unpaired) electrons. The number of aliphatic imine (C=N–C) groups is 1. The summed E-state index contributed by atoms with van der Waals surface area (Å²) in [4.78, 5) is 43.1. The summed E-state index contributed by atoms with van der Waals surface area (Å²) in [6.07, 6.45) is 5.15. The van der Waals surface area contributed by atoms with Gasteiger partial charge >= 0.3 is 5.97 Å². The van der Waals surface area contributed by atoms with Crippen molar-refractivity contribution in [1.82, 2.24) is 4.90 Å². The van der Waals surface area contributed by atoms with Crippen LogP contribution in [0.1, 0.15) is 49.9 Å². The molecule has 1 N–H and O–H groups in total. The first kappa shape index (κ1) is 22.7. The van der Waals surface area contributed by atoms with E-state index in [-0.39, 0.29) is 5.91 Å². The van der Waals surface area contributed by atoms with Gasteiger partial charge in [0.15, 0.2) is 5.17 Å². The highest BCUT2D eigenvalue weighted by Gasteiger charge is 2.33. The monoisotopic (exact) mass is 417 g/mol. The number of methoxy groups -OCH3 is 1. The van der Waals surface area contributed by atoms with Gasteiger partial charge in [0, 0.05) is 24.9 Å². The first-order chi connectivity index (χ1) is 14.0. The van der Waals surface area contributed by atoms with Crippen LogP contribution in [0.4, 0.5) is 5.69 Å². The summed E-state index contributed by atoms with van der Waals surface area (Å²) in [5.41, 5.74) is 0.916. The number of amides is 2. The molecule has 0 unspecified atom stereocenters. The van der Waals surface area contributed by atoms with Gasteiger partial charge in [-0.15, -0.1) is 0 Å². The number of esters is 1. The molecule has 0 bridgehead atoms. The molecule has 0 spiro atoms. The Balaban J connectivity index is 2.08. The lowest BCUT2D eigenvalue weighted by atomic mass is 10.2. The number of rotatable bonds is 9. The summed E-state index contributed by atoms with van der Waals surface area (Å²) in [6, 6.07) is 6.35. The van der Waals surface area contributed by atoms with Crippen molar-refractivity contribution < 1.29 is 19.1 Å². The van der Waals surface area contributed by atoms with Crippen molar-refractivity contribution in [3.63, 3.8) is 0 Å². The van der Waals surface area contributed by atoms with Gasteiger partial charge in [-0.2, -0.15) is 0 Å². The predicted octanol–water partition coefficient (Wildman–Crippen LogP) is 3.83. The second-order valence-electron chi connectivity index (χ2n) is 6.50. The number of hydrogen-bond donors (Lipinski definition) is 1. The smallest absolute Gasteiger partial charge is 0.337 e. The van der Waals surface area contributed by atoms with Gasteiger partial charge < -0.3 is 10.1 Å². The standard InChI is InChI=1S/C21H27N3O4S/c1-4-6-12-22-21-24(13-7-5-2)19(26)17(29-21)14-18(25)23-16-10-8-15(9-11-16)20(27)28-3/h8-11,14H,4-7,12-13H2,1-3H3,(H,23,25)/b17-14-,22-21?. The Morgan fingerprint density at radius 1 is 1.17 bits per heavy atom. The van der Waals surface area contributed by atoms with Crippen LogP contribution in [-0.2, 0) is 14.3 Å². The normalized spacial score (nSPS) is 16.5. The van der Waals surface area contributed by atoms with E-state index in [9.17, 15) is 14.4 Å². The number of amidine groups is 1. The van der Waals surface area contributed by atoms with E-state index in [1.807, 2.05) is 0 Å². The molecule has 1 aliphatic rings. The largest absolute Gasteiger partial charge is 0.465 e. The third-order valence-corrected chi connectivity index (χ3v) is 5.26. The lowest BCUT2D eigenvalue weighted by molar-refractivity contribution is -0.122. The second kappa shape index (κ2) is 11.4. The Morgan fingerprint density at radius 2 is 1.86 bits per heavy atom. The van der Waals surface area contributed by atoms with Gasteiger partial charge in [0.1, 0.15) is 0 Å². The van der Waals surface area contributed by atoms with Crippen molar-refractivity contribution in [1.29, 1.82) is 0 Å². The molecule has 156 valence electrons. The topological polar surface area (TPSA) is 88.1 Å². The quantitative estimate of drug-likeness (QED) is 0.375. The van der Waals surface area contributed by atoms with E-state index in [1.54, 1.807) is 29.2 Å². The second-order valence-corrected chi connectivity index (χ2v) is 7.51. The summed E-state index contributed by atoms with van der Waals surface area (Å²) >= 11 is 1.24. The van der Waals surface area contributed by atoms with Gasteiger partial charge in [-0.25, -0.2) is 4.79 Å². The molecule has 1 saturated heterocycles. The lowest BCUT2D eigenvalue weighted by Crippen LogP contribution is -2.30. The summed E-state index contributed by atoms with van der Waals surface area (Å²) in [5.74, 6) is -1.04. The molecule has 2 rings (SSSR count). The molecule has 0 saturated carbocycles. The van der Waals surface area contributed by atoms with Crippen LogP contribution < -0.4 is 5.32 Å². The van der Waals surface area contributed by atoms with Gasteiger partial charge in [-0.1, -0.05) is 26.7 Å². The Bertz CT molecular complexity index is 803. The van der Waals surface area contributed by atoms with Crippen molar-refractivity contribution in [3.05, 3.63) is 40.8 Å². The number of carbonyl (C=O) groups is 3. The first-order valence-corrected chi connectivity index (χ1v) is 10.6. The minimum absolute atomic E-state index is 0.185. The van der Waals surface area contributed by atoms with Gasteiger partial charge in [0.2, 0.25) is 5.91 Å². The van der Waals surface area contributed by atoms with E-state index in [0.717, 1.165) is 25.7 Å². The van der Waals surface area contributed by atoms with E-state index in [1.165, 1.54) is 24.9 Å². The van der Waals surface area contributed by atoms with Gasteiger partial charge in [-0.05, 0) is 48.9 Å². The van der Waals surface area contributed by atoms with Crippen LogP contribution in [0, 0.1) is 0 Å². The summed E-state index contributed by atoms with van der Waals surface area (Å²) in [5, 5.41) is 3.37. The van der Waals surface area contributed by atoms with Crippen LogP contribution in [-0.4, -0.2) is 48.1 Å². The number of hydrogen-bond acceptors (Lipinski definition) is 6. The van der Waals surface area contributed by atoms with Crippen LogP contribution in [0.3, 0.4) is 0 Å². The van der Waals surface area contributed by atoms with E-state index >= 15 is 0 Å². The molecule has 1 aromatic rings. The number of carbonyl (C=O) groups excluding carboxylic acids is 3. The molecule has 1 aromatic carbocycles. The summed E-state index contributed by atoms with van der Waals surface area (Å²) in [6.45, 7) is 5.43. The fourth-order valence-corrected chi connectivity index (χ4v) is 3.58. The molecule has 1 fully saturated rings. The Labute approximate surface area is 175 Å². The molecule has 0 aromatic heterocycles. The Morgan fingerprint density at radius 3 is 2.48 bits per heavy atom. The Hall–Kier alpha value is -2.61. The SMILES string of the molecule is CCCCN=C1S/C(=C\C(=O)Nc2ccc(C(=O)OC)cc2)C(=O)N1CCCC. The average Bonchev–Trinajstić information content (AvgIpc) is 3.01. The zero-order valence-corrected chi connectivity index (χ0v) is 17.9. The molecule has 7 nitrogen and oxygen atoms in total. The number of unbranched alkanes of at least 4 members (excludes halogenated alkanes) is 2. The molecule has 2 amide bonds. The zero-order chi connectivity index (χ0) is 21.2. The first-order valence-electron chi connectivity index (χ1n) is 9.75. The number of nitrogens with one attached hydrogen (secondary N) is 1. The maximum atomic E-state index is 12.7. The minimum atomic E-state index is -0.444. The molecule has 0 aliphatic carbocycles. The zero-order valence-electron chi connectivity index (χ0n) is 17.1. The van der Waals surface area contributed by atoms with Crippen LogP contribution in [0.25, 0.3) is 0 Å². The third-order valence-electron chi connectivity index (χ3n) is 4.22. The number of nitrogens with zero attached hydrogens (tertiary/aromatic N) is 2. The van der Waals surface area contributed by atoms with Gasteiger partial charge in [-0.3, -0.25) is 19.5 Å². The van der Waals surface area contributed by atoms with Gasteiger partial charge in [0.25, 0.3) is 5.91 Å². The van der Waals surface area contributed by atoms with E-state index in [0.29, 0.717) is 34.4 Å². The van der Waals surface area contributed by atoms with Crippen molar-refractivity contribution >= 4 is 40.4 Å². The van der Waals surface area contributed by atoms with Gasteiger partial charge in [0.05, 0.1) is 17.6 Å². The van der Waals surface area contributed by atoms with Crippen LogP contribution in [0.2, 0.25) is 0 Å². The fourth-order valence-electron chi connectivity index (χ4n) is 2.58. The number of anilines is 1. The highest BCUT2D eigenvalue weighted by Crippen LogP contribution is 2.31. The van der Waals surface area contributed by atoms with Crippen molar-refractivity contribution in [3.8, 4) is 0 Å².